The third-order valence-electron chi connectivity index (χ3n) is 2.18. The molecule has 1 aromatic heterocycles. The molecule has 1 heterocycles. The van der Waals surface area contributed by atoms with Crippen molar-refractivity contribution in [1.29, 1.82) is 0 Å². The van der Waals surface area contributed by atoms with Crippen molar-refractivity contribution in [2.45, 2.75) is 26.3 Å². The first-order valence-electron chi connectivity index (χ1n) is 4.87. The molecular weight excluding hydrogens is 228 g/mol. The number of hydrogen-bond acceptors (Lipinski definition) is 3. The number of rotatable bonds is 2. The number of benzene rings is 1. The van der Waals surface area contributed by atoms with Crippen LogP contribution < -0.4 is 5.73 Å². The van der Waals surface area contributed by atoms with Crippen LogP contribution in [0.1, 0.15) is 17.5 Å². The smallest absolute Gasteiger partial charge is 0.0907 e. The normalized spacial score (nSPS) is 13.3. The van der Waals surface area contributed by atoms with Gasteiger partial charge in [0, 0.05) is 11.1 Å². The Morgan fingerprint density at radius 2 is 2.27 bits per heavy atom. The maximum atomic E-state index is 6.04. The highest BCUT2D eigenvalue weighted by molar-refractivity contribution is 7.18. The van der Waals surface area contributed by atoms with Gasteiger partial charge in [-0.15, -0.1) is 11.3 Å². The summed E-state index contributed by atoms with van der Waals surface area (Å²) in [5, 5.41) is 1.81. The Kier molecular flexibility index (Phi) is 2.96. The molecule has 2 nitrogen and oxygen atoms in total. The molecule has 0 saturated heterocycles. The summed E-state index contributed by atoms with van der Waals surface area (Å²) in [6.07, 6.45) is 0.846. The van der Waals surface area contributed by atoms with Crippen LogP contribution in [-0.4, -0.2) is 11.0 Å². The van der Waals surface area contributed by atoms with Crippen LogP contribution in [0.25, 0.3) is 10.2 Å². The lowest BCUT2D eigenvalue weighted by Crippen LogP contribution is -2.17. The number of thiazole rings is 1. The summed E-state index contributed by atoms with van der Waals surface area (Å²) in [6, 6.07) is 4.05. The zero-order valence-electron chi connectivity index (χ0n) is 8.75. The van der Waals surface area contributed by atoms with Gasteiger partial charge < -0.3 is 5.73 Å². The van der Waals surface area contributed by atoms with Crippen LogP contribution in [-0.2, 0) is 6.42 Å². The Bertz CT molecular complexity index is 491. The van der Waals surface area contributed by atoms with Crippen LogP contribution >= 0.6 is 22.9 Å². The van der Waals surface area contributed by atoms with Gasteiger partial charge in [-0.3, -0.25) is 0 Å². The van der Waals surface area contributed by atoms with Gasteiger partial charge in [0.15, 0.2) is 0 Å². The molecule has 0 bridgehead atoms. The highest BCUT2D eigenvalue weighted by Gasteiger charge is 2.09. The van der Waals surface area contributed by atoms with Crippen molar-refractivity contribution >= 4 is 33.2 Å². The topological polar surface area (TPSA) is 38.9 Å². The first kappa shape index (κ1) is 10.9. The van der Waals surface area contributed by atoms with Gasteiger partial charge in [-0.1, -0.05) is 11.6 Å². The van der Waals surface area contributed by atoms with E-state index in [-0.39, 0.29) is 6.04 Å². The highest BCUT2D eigenvalue weighted by Crippen LogP contribution is 2.29. The summed E-state index contributed by atoms with van der Waals surface area (Å²) in [6.45, 7) is 4.01. The molecule has 0 aliphatic carbocycles. The molecule has 1 unspecified atom stereocenters. The van der Waals surface area contributed by atoms with Crippen molar-refractivity contribution in [1.82, 2.24) is 4.98 Å². The van der Waals surface area contributed by atoms with Crippen LogP contribution in [0.3, 0.4) is 0 Å². The molecule has 0 aliphatic rings. The van der Waals surface area contributed by atoms with Crippen LogP contribution in [0.15, 0.2) is 12.1 Å². The van der Waals surface area contributed by atoms with Crippen LogP contribution in [0.2, 0.25) is 5.02 Å². The summed E-state index contributed by atoms with van der Waals surface area (Å²) < 4.78 is 1.22. The van der Waals surface area contributed by atoms with Gasteiger partial charge in [0.05, 0.1) is 15.2 Å². The number of hydrogen-bond donors (Lipinski definition) is 1. The lowest BCUT2D eigenvalue weighted by molar-refractivity contribution is 0.742. The largest absolute Gasteiger partial charge is 0.328 e. The molecule has 1 aromatic carbocycles. The lowest BCUT2D eigenvalue weighted by atomic mass is 10.1. The van der Waals surface area contributed by atoms with E-state index in [9.17, 15) is 0 Å². The second-order valence-electron chi connectivity index (χ2n) is 3.83. The van der Waals surface area contributed by atoms with Crippen molar-refractivity contribution in [3.8, 4) is 0 Å². The number of aryl methyl sites for hydroxylation is 1. The monoisotopic (exact) mass is 240 g/mol. The Morgan fingerprint density at radius 3 is 2.93 bits per heavy atom. The van der Waals surface area contributed by atoms with E-state index in [1.54, 1.807) is 11.3 Å². The fraction of sp³-hybridized carbons (Fsp3) is 0.364. The molecule has 0 radical (unpaired) electrons. The van der Waals surface area contributed by atoms with Gasteiger partial charge >= 0.3 is 0 Å². The summed E-state index contributed by atoms with van der Waals surface area (Å²) >= 11 is 7.74. The fourth-order valence-electron chi connectivity index (χ4n) is 1.67. The molecule has 15 heavy (non-hydrogen) atoms. The molecule has 0 aliphatic heterocycles. The predicted molar refractivity (Wildman–Crippen MR) is 66.7 cm³/mol. The fourth-order valence-corrected chi connectivity index (χ4v) is 2.83. The van der Waals surface area contributed by atoms with E-state index in [0.717, 1.165) is 22.0 Å². The molecular formula is C11H13ClN2S. The minimum atomic E-state index is 0.147. The van der Waals surface area contributed by atoms with E-state index in [1.165, 1.54) is 10.3 Å². The number of aromatic nitrogens is 1. The standard InChI is InChI=1S/C11H13ClN2S/c1-6(13)3-8-4-9(12)5-10-11(8)15-7(2)14-10/h4-6H,3,13H2,1-2H3. The van der Waals surface area contributed by atoms with Gasteiger partial charge in [-0.2, -0.15) is 0 Å². The molecule has 2 aromatic rings. The maximum Gasteiger partial charge on any atom is 0.0907 e. The number of halogens is 1. The van der Waals surface area contributed by atoms with Crippen LogP contribution in [0.4, 0.5) is 0 Å². The molecule has 0 amide bonds. The van der Waals surface area contributed by atoms with Crippen LogP contribution in [0.5, 0.6) is 0 Å². The number of fused-ring (bicyclic) bond motifs is 1. The highest BCUT2D eigenvalue weighted by atomic mass is 35.5. The Balaban J connectivity index is 2.59. The van der Waals surface area contributed by atoms with E-state index < -0.39 is 0 Å². The second kappa shape index (κ2) is 4.08. The quantitative estimate of drug-likeness (QED) is 0.876. The molecule has 2 rings (SSSR count). The van der Waals surface area contributed by atoms with Crippen LogP contribution in [0, 0.1) is 6.92 Å². The number of nitrogens with two attached hydrogens (primary N) is 1. The average molecular weight is 241 g/mol. The van der Waals surface area contributed by atoms with Gasteiger partial charge in [-0.05, 0) is 38.0 Å². The molecule has 80 valence electrons. The van der Waals surface area contributed by atoms with E-state index in [2.05, 4.69) is 4.98 Å². The SMILES string of the molecule is Cc1nc2cc(Cl)cc(CC(C)N)c2s1. The Hall–Kier alpha value is -0.640. The Labute approximate surface area is 98.1 Å². The van der Waals surface area contributed by atoms with Crippen molar-refractivity contribution in [2.75, 3.05) is 0 Å². The molecule has 0 fully saturated rings. The van der Waals surface area contributed by atoms with Crippen molar-refractivity contribution < 1.29 is 0 Å². The third kappa shape index (κ3) is 2.30. The van der Waals surface area contributed by atoms with Crippen molar-refractivity contribution in [2.24, 2.45) is 5.73 Å². The number of nitrogens with zero attached hydrogens (tertiary/aromatic N) is 1. The van der Waals surface area contributed by atoms with Gasteiger partial charge in [0.25, 0.3) is 0 Å². The Morgan fingerprint density at radius 1 is 1.53 bits per heavy atom. The molecule has 0 spiro atoms. The minimum absolute atomic E-state index is 0.147. The molecule has 1 atom stereocenters. The zero-order chi connectivity index (χ0) is 11.0. The second-order valence-corrected chi connectivity index (χ2v) is 5.47. The molecule has 2 N–H and O–H groups in total. The van der Waals surface area contributed by atoms with Gasteiger partial charge in [0.1, 0.15) is 0 Å². The summed E-state index contributed by atoms with van der Waals surface area (Å²) in [5.74, 6) is 0. The van der Waals surface area contributed by atoms with Gasteiger partial charge in [-0.25, -0.2) is 4.98 Å². The zero-order valence-corrected chi connectivity index (χ0v) is 10.3. The first-order chi connectivity index (χ1) is 7.06. The summed E-state index contributed by atoms with van der Waals surface area (Å²) in [4.78, 5) is 4.44. The first-order valence-corrected chi connectivity index (χ1v) is 6.07. The minimum Gasteiger partial charge on any atom is -0.328 e. The molecule has 4 heteroatoms. The summed E-state index contributed by atoms with van der Waals surface area (Å²) in [7, 11) is 0. The van der Waals surface area contributed by atoms with Crippen molar-refractivity contribution in [3.05, 3.63) is 27.7 Å². The van der Waals surface area contributed by atoms with E-state index >= 15 is 0 Å². The van der Waals surface area contributed by atoms with E-state index in [0.29, 0.717) is 0 Å². The lowest BCUT2D eigenvalue weighted by Gasteiger charge is -2.06. The van der Waals surface area contributed by atoms with Gasteiger partial charge in [0.2, 0.25) is 0 Å². The summed E-state index contributed by atoms with van der Waals surface area (Å²) in [5.41, 5.74) is 8.01. The predicted octanol–water partition coefficient (Wildman–Crippen LogP) is 3.15. The molecule has 0 saturated carbocycles. The maximum absolute atomic E-state index is 6.04. The third-order valence-corrected chi connectivity index (χ3v) is 3.46. The van der Waals surface area contributed by atoms with Crippen molar-refractivity contribution in [3.63, 3.8) is 0 Å². The van der Waals surface area contributed by atoms with E-state index in [1.807, 2.05) is 26.0 Å². The average Bonchev–Trinajstić information content (AvgIpc) is 2.44. The van der Waals surface area contributed by atoms with E-state index in [4.69, 9.17) is 17.3 Å².